The second-order valence-corrected chi connectivity index (χ2v) is 5.93. The third-order valence-electron chi connectivity index (χ3n) is 4.48. The molecule has 1 unspecified atom stereocenters. The van der Waals surface area contributed by atoms with Gasteiger partial charge in [-0.15, -0.1) is 12.4 Å². The highest BCUT2D eigenvalue weighted by molar-refractivity contribution is 5.85. The van der Waals surface area contributed by atoms with Crippen LogP contribution in [0, 0.1) is 5.92 Å². The Labute approximate surface area is 139 Å². The molecule has 0 saturated carbocycles. The van der Waals surface area contributed by atoms with E-state index in [0.29, 0.717) is 18.4 Å². The van der Waals surface area contributed by atoms with Gasteiger partial charge in [0.1, 0.15) is 0 Å². The van der Waals surface area contributed by atoms with Crippen molar-refractivity contribution < 1.29 is 4.79 Å². The van der Waals surface area contributed by atoms with Crippen LogP contribution in [0.25, 0.3) is 0 Å². The van der Waals surface area contributed by atoms with Gasteiger partial charge in [0.25, 0.3) is 0 Å². The largest absolute Gasteiger partial charge is 0.355 e. The van der Waals surface area contributed by atoms with E-state index in [1.165, 1.54) is 5.56 Å². The topological polar surface area (TPSA) is 58.4 Å². The Hall–Kier alpha value is -1.10. The smallest absolute Gasteiger partial charge is 0.237 e. The number of halogens is 1. The van der Waals surface area contributed by atoms with E-state index in [4.69, 9.17) is 5.73 Å². The molecule has 2 rings (SSSR count). The maximum atomic E-state index is 12.1. The SMILES string of the molecule is CCCNC(=O)C(C)N1C[C@@H](CN)[C@H](c2ccccc2)C1.Cl. The summed E-state index contributed by atoms with van der Waals surface area (Å²) in [7, 11) is 0. The number of likely N-dealkylation sites (tertiary alicyclic amines) is 1. The van der Waals surface area contributed by atoms with E-state index in [9.17, 15) is 4.79 Å². The number of carbonyl (C=O) groups excluding carboxylic acids is 1. The molecule has 0 radical (unpaired) electrons. The summed E-state index contributed by atoms with van der Waals surface area (Å²) < 4.78 is 0. The summed E-state index contributed by atoms with van der Waals surface area (Å²) in [5.74, 6) is 0.979. The van der Waals surface area contributed by atoms with Crippen molar-refractivity contribution in [3.8, 4) is 0 Å². The molecule has 1 aliphatic heterocycles. The Balaban J connectivity index is 0.00000242. The van der Waals surface area contributed by atoms with Gasteiger partial charge in [0.2, 0.25) is 5.91 Å². The first kappa shape index (κ1) is 18.9. The van der Waals surface area contributed by atoms with Crippen LogP contribution in [0.1, 0.15) is 31.7 Å². The summed E-state index contributed by atoms with van der Waals surface area (Å²) in [6.07, 6.45) is 0.969. The highest BCUT2D eigenvalue weighted by Gasteiger charge is 2.36. The molecule has 1 amide bonds. The summed E-state index contributed by atoms with van der Waals surface area (Å²) in [6, 6.07) is 10.4. The molecule has 0 spiro atoms. The van der Waals surface area contributed by atoms with E-state index in [1.807, 2.05) is 13.0 Å². The Morgan fingerprint density at radius 3 is 2.64 bits per heavy atom. The number of amides is 1. The van der Waals surface area contributed by atoms with Crippen LogP contribution >= 0.6 is 12.4 Å². The number of nitrogens with one attached hydrogen (secondary N) is 1. The Bertz CT molecular complexity index is 454. The number of nitrogens with zero attached hydrogens (tertiary/aromatic N) is 1. The zero-order valence-electron chi connectivity index (χ0n) is 13.5. The van der Waals surface area contributed by atoms with Gasteiger partial charge in [-0.25, -0.2) is 0 Å². The van der Waals surface area contributed by atoms with Crippen molar-refractivity contribution in [2.45, 2.75) is 32.2 Å². The summed E-state index contributed by atoms with van der Waals surface area (Å²) >= 11 is 0. The van der Waals surface area contributed by atoms with Crippen LogP contribution in [0.4, 0.5) is 0 Å². The van der Waals surface area contributed by atoms with Crippen molar-refractivity contribution in [3.63, 3.8) is 0 Å². The molecule has 22 heavy (non-hydrogen) atoms. The molecule has 1 saturated heterocycles. The molecule has 0 aromatic heterocycles. The van der Waals surface area contributed by atoms with Gasteiger partial charge in [-0.2, -0.15) is 0 Å². The zero-order valence-corrected chi connectivity index (χ0v) is 14.3. The maximum absolute atomic E-state index is 12.1. The molecule has 1 aliphatic rings. The molecule has 4 nitrogen and oxygen atoms in total. The first-order valence-electron chi connectivity index (χ1n) is 7.94. The number of nitrogens with two attached hydrogens (primary N) is 1. The molecule has 1 heterocycles. The number of rotatable bonds is 6. The normalized spacial score (nSPS) is 22.9. The molecular weight excluding hydrogens is 298 g/mol. The molecule has 0 aliphatic carbocycles. The zero-order chi connectivity index (χ0) is 15.2. The maximum Gasteiger partial charge on any atom is 0.237 e. The number of carbonyl (C=O) groups is 1. The summed E-state index contributed by atoms with van der Waals surface area (Å²) in [6.45, 7) is 7.28. The van der Waals surface area contributed by atoms with E-state index in [1.54, 1.807) is 0 Å². The van der Waals surface area contributed by atoms with Crippen molar-refractivity contribution >= 4 is 18.3 Å². The van der Waals surface area contributed by atoms with Crippen molar-refractivity contribution in [2.24, 2.45) is 11.7 Å². The fourth-order valence-corrected chi connectivity index (χ4v) is 3.10. The van der Waals surface area contributed by atoms with Gasteiger partial charge in [-0.3, -0.25) is 9.69 Å². The molecular formula is C17H28ClN3O. The number of hydrogen-bond donors (Lipinski definition) is 2. The highest BCUT2D eigenvalue weighted by atomic mass is 35.5. The van der Waals surface area contributed by atoms with Crippen molar-refractivity contribution in [3.05, 3.63) is 35.9 Å². The average molecular weight is 326 g/mol. The molecule has 124 valence electrons. The predicted molar refractivity (Wildman–Crippen MR) is 93.3 cm³/mol. The van der Waals surface area contributed by atoms with E-state index >= 15 is 0 Å². The second-order valence-electron chi connectivity index (χ2n) is 5.93. The lowest BCUT2D eigenvalue weighted by Gasteiger charge is -2.23. The fourth-order valence-electron chi connectivity index (χ4n) is 3.10. The van der Waals surface area contributed by atoms with Crippen LogP contribution in [0.3, 0.4) is 0 Å². The first-order chi connectivity index (χ1) is 10.2. The van der Waals surface area contributed by atoms with E-state index < -0.39 is 0 Å². The van der Waals surface area contributed by atoms with Crippen molar-refractivity contribution in [1.82, 2.24) is 10.2 Å². The third kappa shape index (κ3) is 4.45. The van der Waals surface area contributed by atoms with Gasteiger partial charge in [-0.05, 0) is 31.4 Å². The van der Waals surface area contributed by atoms with Crippen LogP contribution in [0.15, 0.2) is 30.3 Å². The van der Waals surface area contributed by atoms with E-state index in [0.717, 1.165) is 26.1 Å². The third-order valence-corrected chi connectivity index (χ3v) is 4.48. The number of benzene rings is 1. The van der Waals surface area contributed by atoms with Gasteiger partial charge in [0, 0.05) is 25.6 Å². The van der Waals surface area contributed by atoms with Gasteiger partial charge in [0.15, 0.2) is 0 Å². The lowest BCUT2D eigenvalue weighted by Crippen LogP contribution is -2.44. The van der Waals surface area contributed by atoms with Gasteiger partial charge < -0.3 is 11.1 Å². The van der Waals surface area contributed by atoms with Crippen LogP contribution in [0.5, 0.6) is 0 Å². The quantitative estimate of drug-likeness (QED) is 0.841. The summed E-state index contributed by atoms with van der Waals surface area (Å²) in [5.41, 5.74) is 7.28. The standard InChI is InChI=1S/C17H27N3O.ClH/c1-3-9-19-17(21)13(2)20-11-15(10-18)16(12-20)14-7-5-4-6-8-14;/h4-8,13,15-16H,3,9-12,18H2,1-2H3,(H,19,21);1H/t13?,15-,16+;/m1./s1. The molecule has 0 bridgehead atoms. The predicted octanol–water partition coefficient (Wildman–Crippen LogP) is 2.00. The monoisotopic (exact) mass is 325 g/mol. The Kier molecular flexibility index (Phi) is 7.87. The molecule has 1 aromatic rings. The van der Waals surface area contributed by atoms with E-state index in [2.05, 4.69) is 41.4 Å². The minimum absolute atomic E-state index is 0. The minimum Gasteiger partial charge on any atom is -0.355 e. The number of hydrogen-bond acceptors (Lipinski definition) is 3. The second kappa shape index (κ2) is 9.13. The molecule has 1 fully saturated rings. The molecule has 3 N–H and O–H groups in total. The lowest BCUT2D eigenvalue weighted by molar-refractivity contribution is -0.125. The molecule has 5 heteroatoms. The van der Waals surface area contributed by atoms with Crippen molar-refractivity contribution in [1.29, 1.82) is 0 Å². The van der Waals surface area contributed by atoms with Crippen LogP contribution in [0.2, 0.25) is 0 Å². The fraction of sp³-hybridized carbons (Fsp3) is 0.588. The van der Waals surface area contributed by atoms with Crippen molar-refractivity contribution in [2.75, 3.05) is 26.2 Å². The molecule has 3 atom stereocenters. The summed E-state index contributed by atoms with van der Waals surface area (Å²) in [5, 5.41) is 2.98. The van der Waals surface area contributed by atoms with E-state index in [-0.39, 0.29) is 24.4 Å². The Morgan fingerprint density at radius 1 is 1.36 bits per heavy atom. The van der Waals surface area contributed by atoms with Crippen LogP contribution in [-0.2, 0) is 4.79 Å². The first-order valence-corrected chi connectivity index (χ1v) is 7.94. The lowest BCUT2D eigenvalue weighted by atomic mass is 9.89. The van der Waals surface area contributed by atoms with Crippen LogP contribution < -0.4 is 11.1 Å². The van der Waals surface area contributed by atoms with Gasteiger partial charge in [0.05, 0.1) is 6.04 Å². The highest BCUT2D eigenvalue weighted by Crippen LogP contribution is 2.32. The molecule has 1 aromatic carbocycles. The Morgan fingerprint density at radius 2 is 2.05 bits per heavy atom. The average Bonchev–Trinajstić information content (AvgIpc) is 2.97. The van der Waals surface area contributed by atoms with Crippen LogP contribution in [-0.4, -0.2) is 43.0 Å². The minimum atomic E-state index is -0.0840. The van der Waals surface area contributed by atoms with Gasteiger partial charge in [-0.1, -0.05) is 37.3 Å². The summed E-state index contributed by atoms with van der Waals surface area (Å²) in [4.78, 5) is 14.4. The van der Waals surface area contributed by atoms with Gasteiger partial charge >= 0.3 is 0 Å².